The number of amides is 1. The molecule has 0 radical (unpaired) electrons. The second kappa shape index (κ2) is 6.85. The highest BCUT2D eigenvalue weighted by molar-refractivity contribution is 5.76. The van der Waals surface area contributed by atoms with Crippen molar-refractivity contribution in [2.24, 2.45) is 5.41 Å². The fourth-order valence-electron chi connectivity index (χ4n) is 3.83. The molecule has 126 valence electrons. The number of hydrogen-bond donors (Lipinski definition) is 0. The van der Waals surface area contributed by atoms with E-state index in [-0.39, 0.29) is 0 Å². The van der Waals surface area contributed by atoms with Crippen LogP contribution in [0.25, 0.3) is 0 Å². The Bertz CT molecular complexity index is 534. The molecule has 5 heteroatoms. The van der Waals surface area contributed by atoms with E-state index in [2.05, 4.69) is 21.8 Å². The molecule has 1 aromatic rings. The predicted octanol–water partition coefficient (Wildman–Crippen LogP) is 2.66. The fourth-order valence-corrected chi connectivity index (χ4v) is 3.83. The zero-order chi connectivity index (χ0) is 16.3. The van der Waals surface area contributed by atoms with Crippen LogP contribution < -0.4 is 4.90 Å². The summed E-state index contributed by atoms with van der Waals surface area (Å²) in [4.78, 5) is 25.2. The van der Waals surface area contributed by atoms with Gasteiger partial charge in [-0.15, -0.1) is 0 Å². The van der Waals surface area contributed by atoms with Crippen LogP contribution in [0.2, 0.25) is 0 Å². The maximum absolute atomic E-state index is 11.9. The molecule has 5 nitrogen and oxygen atoms in total. The van der Waals surface area contributed by atoms with E-state index in [4.69, 9.17) is 0 Å². The van der Waals surface area contributed by atoms with Gasteiger partial charge in [0.25, 0.3) is 0 Å². The van der Waals surface area contributed by atoms with Crippen molar-refractivity contribution in [3.63, 3.8) is 0 Å². The van der Waals surface area contributed by atoms with Crippen molar-refractivity contribution in [3.8, 4) is 0 Å². The summed E-state index contributed by atoms with van der Waals surface area (Å²) in [5.41, 5.74) is 1.56. The standard InChI is InChI=1S/C18H28N4O/c1-3-4-15-13-19-17(20-14-15)22-11-8-18(9-12-22)6-5-16(23)21(2)10-7-18/h13-14H,3-12H2,1-2H3. The minimum atomic E-state index is 0.305. The number of hydrogen-bond acceptors (Lipinski definition) is 4. The van der Waals surface area contributed by atoms with Crippen molar-refractivity contribution in [1.29, 1.82) is 0 Å². The minimum Gasteiger partial charge on any atom is -0.346 e. The van der Waals surface area contributed by atoms with E-state index < -0.39 is 0 Å². The molecule has 0 aromatic carbocycles. The summed E-state index contributed by atoms with van der Waals surface area (Å²) in [7, 11) is 1.93. The third kappa shape index (κ3) is 3.65. The first-order chi connectivity index (χ1) is 11.1. The molecule has 0 saturated carbocycles. The first-order valence-electron chi connectivity index (χ1n) is 8.92. The van der Waals surface area contributed by atoms with Gasteiger partial charge in [0.05, 0.1) is 0 Å². The van der Waals surface area contributed by atoms with Crippen molar-refractivity contribution < 1.29 is 4.79 Å². The van der Waals surface area contributed by atoms with E-state index in [0.717, 1.165) is 64.1 Å². The Labute approximate surface area is 139 Å². The number of likely N-dealkylation sites (tertiary alicyclic amines) is 1. The molecule has 2 aliphatic rings. The van der Waals surface area contributed by atoms with Gasteiger partial charge in [0, 0.05) is 45.5 Å². The molecule has 0 unspecified atom stereocenters. The maximum Gasteiger partial charge on any atom is 0.225 e. The molecule has 2 fully saturated rings. The van der Waals surface area contributed by atoms with Crippen molar-refractivity contribution in [3.05, 3.63) is 18.0 Å². The quantitative estimate of drug-likeness (QED) is 0.860. The van der Waals surface area contributed by atoms with Crippen LogP contribution in [0.15, 0.2) is 12.4 Å². The van der Waals surface area contributed by atoms with Gasteiger partial charge < -0.3 is 9.80 Å². The Kier molecular flexibility index (Phi) is 4.83. The molecule has 0 aliphatic carbocycles. The van der Waals surface area contributed by atoms with Gasteiger partial charge >= 0.3 is 0 Å². The van der Waals surface area contributed by atoms with E-state index in [1.807, 2.05) is 24.3 Å². The smallest absolute Gasteiger partial charge is 0.225 e. The lowest BCUT2D eigenvalue weighted by molar-refractivity contribution is -0.129. The number of aryl methyl sites for hydroxylation is 1. The number of rotatable bonds is 3. The highest BCUT2D eigenvalue weighted by Gasteiger charge is 2.37. The molecule has 0 N–H and O–H groups in total. The zero-order valence-corrected chi connectivity index (χ0v) is 14.4. The summed E-state index contributed by atoms with van der Waals surface area (Å²) in [5, 5.41) is 0. The van der Waals surface area contributed by atoms with Crippen molar-refractivity contribution in [2.75, 3.05) is 31.6 Å². The molecule has 23 heavy (non-hydrogen) atoms. The largest absolute Gasteiger partial charge is 0.346 e. The van der Waals surface area contributed by atoms with E-state index >= 15 is 0 Å². The Balaban J connectivity index is 1.60. The molecule has 0 atom stereocenters. The van der Waals surface area contributed by atoms with Gasteiger partial charge in [0.15, 0.2) is 0 Å². The number of carbonyl (C=O) groups excluding carboxylic acids is 1. The third-order valence-corrected chi connectivity index (χ3v) is 5.61. The second-order valence-electron chi connectivity index (χ2n) is 7.19. The van der Waals surface area contributed by atoms with Gasteiger partial charge in [-0.2, -0.15) is 0 Å². The molecule has 1 spiro atoms. The number of anilines is 1. The monoisotopic (exact) mass is 316 g/mol. The Morgan fingerprint density at radius 3 is 2.39 bits per heavy atom. The van der Waals surface area contributed by atoms with Crippen LogP contribution >= 0.6 is 0 Å². The van der Waals surface area contributed by atoms with Crippen LogP contribution in [-0.2, 0) is 11.2 Å². The van der Waals surface area contributed by atoms with Gasteiger partial charge in [0.2, 0.25) is 11.9 Å². The fraction of sp³-hybridized carbons (Fsp3) is 0.722. The molecule has 2 aliphatic heterocycles. The lowest BCUT2D eigenvalue weighted by Crippen LogP contribution is -2.41. The molecule has 1 amide bonds. The first kappa shape index (κ1) is 16.2. The van der Waals surface area contributed by atoms with Crippen molar-refractivity contribution in [2.45, 2.75) is 51.9 Å². The Hall–Kier alpha value is -1.65. The van der Waals surface area contributed by atoms with E-state index in [1.165, 1.54) is 5.56 Å². The SMILES string of the molecule is CCCc1cnc(N2CCC3(CCC(=O)N(C)CC3)CC2)nc1. The zero-order valence-electron chi connectivity index (χ0n) is 14.4. The highest BCUT2D eigenvalue weighted by Crippen LogP contribution is 2.41. The summed E-state index contributed by atoms with van der Waals surface area (Å²) >= 11 is 0. The lowest BCUT2D eigenvalue weighted by atomic mass is 9.73. The van der Waals surface area contributed by atoms with Gasteiger partial charge in [-0.1, -0.05) is 13.3 Å². The molecule has 3 heterocycles. The van der Waals surface area contributed by atoms with Crippen LogP contribution in [0, 0.1) is 5.41 Å². The van der Waals surface area contributed by atoms with Gasteiger partial charge in [0.1, 0.15) is 0 Å². The van der Waals surface area contributed by atoms with Crippen LogP contribution in [0.3, 0.4) is 0 Å². The Morgan fingerprint density at radius 2 is 1.74 bits per heavy atom. The average Bonchev–Trinajstić information content (AvgIpc) is 2.71. The third-order valence-electron chi connectivity index (χ3n) is 5.61. The summed E-state index contributed by atoms with van der Waals surface area (Å²) < 4.78 is 0. The molecule has 3 rings (SSSR count). The molecular formula is C18H28N4O. The Morgan fingerprint density at radius 1 is 1.09 bits per heavy atom. The van der Waals surface area contributed by atoms with Crippen LogP contribution in [0.1, 0.15) is 51.0 Å². The number of aromatic nitrogens is 2. The maximum atomic E-state index is 11.9. The second-order valence-corrected chi connectivity index (χ2v) is 7.19. The molecule has 1 aromatic heterocycles. The normalized spacial score (nSPS) is 21.6. The van der Waals surface area contributed by atoms with Crippen LogP contribution in [0.5, 0.6) is 0 Å². The number of piperidine rings is 1. The summed E-state index contributed by atoms with van der Waals surface area (Å²) in [5.74, 6) is 1.17. The van der Waals surface area contributed by atoms with Crippen LogP contribution in [0.4, 0.5) is 5.95 Å². The topological polar surface area (TPSA) is 49.3 Å². The van der Waals surface area contributed by atoms with E-state index in [0.29, 0.717) is 17.7 Å². The van der Waals surface area contributed by atoms with Gasteiger partial charge in [-0.3, -0.25) is 4.79 Å². The van der Waals surface area contributed by atoms with Gasteiger partial charge in [-0.25, -0.2) is 9.97 Å². The predicted molar refractivity (Wildman–Crippen MR) is 91.4 cm³/mol. The van der Waals surface area contributed by atoms with Crippen molar-refractivity contribution >= 4 is 11.9 Å². The molecule has 0 bridgehead atoms. The first-order valence-corrected chi connectivity index (χ1v) is 8.92. The van der Waals surface area contributed by atoms with Crippen LogP contribution in [-0.4, -0.2) is 47.5 Å². The molecule has 2 saturated heterocycles. The van der Waals surface area contributed by atoms with E-state index in [1.54, 1.807) is 0 Å². The van der Waals surface area contributed by atoms with E-state index in [9.17, 15) is 4.79 Å². The summed E-state index contributed by atoms with van der Waals surface area (Å²) in [6.45, 7) is 5.09. The van der Waals surface area contributed by atoms with Gasteiger partial charge in [-0.05, 0) is 43.1 Å². The highest BCUT2D eigenvalue weighted by atomic mass is 16.2. The minimum absolute atomic E-state index is 0.305. The number of nitrogens with zero attached hydrogens (tertiary/aromatic N) is 4. The van der Waals surface area contributed by atoms with Crippen molar-refractivity contribution in [1.82, 2.24) is 14.9 Å². The summed E-state index contributed by atoms with van der Waals surface area (Å²) in [6.07, 6.45) is 11.3. The lowest BCUT2D eigenvalue weighted by Gasteiger charge is -2.41. The molecular weight excluding hydrogens is 288 g/mol. The average molecular weight is 316 g/mol. The number of carbonyl (C=O) groups is 1. The summed E-state index contributed by atoms with van der Waals surface area (Å²) in [6, 6.07) is 0.